The van der Waals surface area contributed by atoms with Gasteiger partial charge in [-0.15, -0.1) is 11.3 Å². The van der Waals surface area contributed by atoms with Crippen molar-refractivity contribution >= 4 is 33.0 Å². The van der Waals surface area contributed by atoms with Crippen molar-refractivity contribution in [2.75, 3.05) is 0 Å². The Morgan fingerprint density at radius 2 is 2.00 bits per heavy atom. The van der Waals surface area contributed by atoms with Crippen molar-refractivity contribution in [3.63, 3.8) is 0 Å². The highest BCUT2D eigenvalue weighted by Gasteiger charge is 2.18. The molecule has 1 N–H and O–H groups in total. The summed E-state index contributed by atoms with van der Waals surface area (Å²) in [5.74, 6) is 0. The minimum absolute atomic E-state index is 0.223. The summed E-state index contributed by atoms with van der Waals surface area (Å²) >= 11 is 7.05. The largest absolute Gasteiger partial charge is 0.265 e. The number of nitrogens with zero attached hydrogens (tertiary/aromatic N) is 2. The molecule has 2 heterocycles. The SMILES string of the molecule is CCCn1nccc1-c1csc(S(=O)(=O)NCc2ccc(Cl)cc2)c1. The van der Waals surface area contributed by atoms with Gasteiger partial charge in [0.2, 0.25) is 10.0 Å². The van der Waals surface area contributed by atoms with Crippen LogP contribution in [0.4, 0.5) is 0 Å². The van der Waals surface area contributed by atoms with E-state index in [0.29, 0.717) is 9.23 Å². The highest BCUT2D eigenvalue weighted by Crippen LogP contribution is 2.28. The van der Waals surface area contributed by atoms with Crippen molar-refractivity contribution in [1.82, 2.24) is 14.5 Å². The fourth-order valence-corrected chi connectivity index (χ4v) is 4.77. The number of halogens is 1. The number of thiophene rings is 1. The van der Waals surface area contributed by atoms with E-state index in [1.54, 1.807) is 36.5 Å². The first kappa shape index (κ1) is 18.1. The number of aryl methyl sites for hydroxylation is 1. The fraction of sp³-hybridized carbons (Fsp3) is 0.235. The first-order valence-corrected chi connectivity index (χ1v) is 10.6. The second kappa shape index (κ2) is 7.70. The topological polar surface area (TPSA) is 64.0 Å². The van der Waals surface area contributed by atoms with Gasteiger partial charge in [0.05, 0.1) is 5.69 Å². The van der Waals surface area contributed by atoms with E-state index in [-0.39, 0.29) is 6.54 Å². The number of benzene rings is 1. The molecule has 5 nitrogen and oxygen atoms in total. The maximum atomic E-state index is 12.5. The molecule has 0 bridgehead atoms. The van der Waals surface area contributed by atoms with Crippen LogP contribution in [0.1, 0.15) is 18.9 Å². The maximum absolute atomic E-state index is 12.5. The predicted octanol–water partition coefficient (Wildman–Crippen LogP) is 4.15. The number of rotatable bonds is 7. The van der Waals surface area contributed by atoms with Crippen molar-refractivity contribution < 1.29 is 8.42 Å². The van der Waals surface area contributed by atoms with Crippen LogP contribution in [-0.2, 0) is 23.1 Å². The molecule has 1 aromatic carbocycles. The maximum Gasteiger partial charge on any atom is 0.250 e. The number of sulfonamides is 1. The average Bonchev–Trinajstić information content (AvgIpc) is 3.24. The van der Waals surface area contributed by atoms with E-state index < -0.39 is 10.0 Å². The zero-order chi connectivity index (χ0) is 17.9. The Morgan fingerprint density at radius 3 is 2.72 bits per heavy atom. The Hall–Kier alpha value is -1.67. The van der Waals surface area contributed by atoms with Crippen LogP contribution in [0.2, 0.25) is 5.02 Å². The van der Waals surface area contributed by atoms with Gasteiger partial charge in [-0.2, -0.15) is 5.10 Å². The van der Waals surface area contributed by atoms with E-state index in [1.807, 2.05) is 16.1 Å². The second-order valence-corrected chi connectivity index (χ2v) is 8.89. The number of hydrogen-bond donors (Lipinski definition) is 1. The van der Waals surface area contributed by atoms with Crippen LogP contribution in [0, 0.1) is 0 Å². The van der Waals surface area contributed by atoms with Gasteiger partial charge >= 0.3 is 0 Å². The second-order valence-electron chi connectivity index (χ2n) is 5.55. The Balaban J connectivity index is 1.76. The average molecular weight is 396 g/mol. The monoisotopic (exact) mass is 395 g/mol. The van der Waals surface area contributed by atoms with E-state index in [0.717, 1.165) is 29.8 Å². The molecular formula is C17H18ClN3O2S2. The lowest BCUT2D eigenvalue weighted by Crippen LogP contribution is -2.22. The first-order valence-electron chi connectivity index (χ1n) is 7.84. The van der Waals surface area contributed by atoms with Gasteiger partial charge in [0.1, 0.15) is 4.21 Å². The van der Waals surface area contributed by atoms with Gasteiger partial charge in [-0.05, 0) is 36.2 Å². The summed E-state index contributed by atoms with van der Waals surface area (Å²) in [6.07, 6.45) is 2.70. The van der Waals surface area contributed by atoms with Gasteiger partial charge in [0.25, 0.3) is 0 Å². The molecule has 0 amide bonds. The number of nitrogens with one attached hydrogen (secondary N) is 1. The van der Waals surface area contributed by atoms with Gasteiger partial charge in [0.15, 0.2) is 0 Å². The van der Waals surface area contributed by atoms with Crippen molar-refractivity contribution in [1.29, 1.82) is 0 Å². The molecule has 25 heavy (non-hydrogen) atoms. The summed E-state index contributed by atoms with van der Waals surface area (Å²) in [5.41, 5.74) is 2.64. The predicted molar refractivity (Wildman–Crippen MR) is 101 cm³/mol. The molecule has 0 aliphatic heterocycles. The van der Waals surface area contributed by atoms with E-state index in [4.69, 9.17) is 11.6 Å². The van der Waals surface area contributed by atoms with Crippen molar-refractivity contribution in [2.24, 2.45) is 0 Å². The molecule has 0 fully saturated rings. The third-order valence-electron chi connectivity index (χ3n) is 3.67. The van der Waals surface area contributed by atoms with E-state index in [1.165, 1.54) is 11.3 Å². The van der Waals surface area contributed by atoms with E-state index in [9.17, 15) is 8.42 Å². The molecule has 0 saturated heterocycles. The molecule has 2 aromatic heterocycles. The van der Waals surface area contributed by atoms with Gasteiger partial charge in [-0.25, -0.2) is 13.1 Å². The molecule has 0 spiro atoms. The molecule has 0 radical (unpaired) electrons. The number of aromatic nitrogens is 2. The highest BCUT2D eigenvalue weighted by atomic mass is 35.5. The van der Waals surface area contributed by atoms with Crippen LogP contribution < -0.4 is 4.72 Å². The van der Waals surface area contributed by atoms with Crippen molar-refractivity contribution in [3.8, 4) is 11.3 Å². The van der Waals surface area contributed by atoms with Crippen LogP contribution in [0.3, 0.4) is 0 Å². The van der Waals surface area contributed by atoms with Gasteiger partial charge in [-0.1, -0.05) is 30.7 Å². The zero-order valence-corrected chi connectivity index (χ0v) is 16.0. The molecule has 3 aromatic rings. The lowest BCUT2D eigenvalue weighted by Gasteiger charge is -2.05. The lowest BCUT2D eigenvalue weighted by molar-refractivity contribution is 0.583. The molecule has 0 aliphatic rings. The Labute approximate surface area is 156 Å². The van der Waals surface area contributed by atoms with E-state index in [2.05, 4.69) is 16.7 Å². The third-order valence-corrected chi connectivity index (χ3v) is 6.76. The van der Waals surface area contributed by atoms with Crippen molar-refractivity contribution in [2.45, 2.75) is 30.6 Å². The quantitative estimate of drug-likeness (QED) is 0.653. The molecule has 0 saturated carbocycles. The van der Waals surface area contributed by atoms with Crippen molar-refractivity contribution in [3.05, 3.63) is 58.6 Å². The van der Waals surface area contributed by atoms with Crippen LogP contribution in [0.25, 0.3) is 11.3 Å². The number of hydrogen-bond acceptors (Lipinski definition) is 4. The highest BCUT2D eigenvalue weighted by molar-refractivity contribution is 7.91. The smallest absolute Gasteiger partial charge is 0.250 e. The van der Waals surface area contributed by atoms with Gasteiger partial charge < -0.3 is 0 Å². The van der Waals surface area contributed by atoms with Gasteiger partial charge in [0, 0.05) is 35.3 Å². The van der Waals surface area contributed by atoms with Crippen LogP contribution in [0.15, 0.2) is 52.2 Å². The van der Waals surface area contributed by atoms with Crippen LogP contribution in [-0.4, -0.2) is 18.2 Å². The van der Waals surface area contributed by atoms with E-state index >= 15 is 0 Å². The normalized spacial score (nSPS) is 11.8. The molecular weight excluding hydrogens is 378 g/mol. The summed E-state index contributed by atoms with van der Waals surface area (Å²) in [6.45, 7) is 3.10. The molecule has 8 heteroatoms. The molecule has 3 rings (SSSR count). The molecule has 132 valence electrons. The summed E-state index contributed by atoms with van der Waals surface area (Å²) < 4.78 is 29.8. The summed E-state index contributed by atoms with van der Waals surface area (Å²) in [4.78, 5) is 0. The Kier molecular flexibility index (Phi) is 5.58. The van der Waals surface area contributed by atoms with Gasteiger partial charge in [-0.3, -0.25) is 4.68 Å². The minimum Gasteiger partial charge on any atom is -0.265 e. The Morgan fingerprint density at radius 1 is 1.24 bits per heavy atom. The summed E-state index contributed by atoms with van der Waals surface area (Å²) in [7, 11) is -3.56. The zero-order valence-electron chi connectivity index (χ0n) is 13.6. The van der Waals surface area contributed by atoms with Crippen LogP contribution >= 0.6 is 22.9 Å². The summed E-state index contributed by atoms with van der Waals surface area (Å²) in [5, 5.41) is 6.75. The molecule has 0 atom stereocenters. The Bertz CT molecular complexity index is 946. The third kappa shape index (κ3) is 4.30. The van der Waals surface area contributed by atoms with Crippen LogP contribution in [0.5, 0.6) is 0 Å². The summed E-state index contributed by atoms with van der Waals surface area (Å²) in [6, 6.07) is 10.7. The lowest BCUT2D eigenvalue weighted by atomic mass is 10.2. The first-order chi connectivity index (χ1) is 12.0. The standard InChI is InChI=1S/C17H18ClN3O2S2/c1-2-9-21-16(7-8-19-21)14-10-17(24-12-14)25(22,23)20-11-13-3-5-15(18)6-4-13/h3-8,10,12,20H,2,9,11H2,1H3. The molecule has 0 aliphatic carbocycles. The molecule has 0 unspecified atom stereocenters. The fourth-order valence-electron chi connectivity index (χ4n) is 2.41. The minimum atomic E-state index is -3.56.